The third-order valence-corrected chi connectivity index (χ3v) is 4.59. The van der Waals surface area contributed by atoms with E-state index in [1.165, 1.54) is 44.6 Å². The van der Waals surface area contributed by atoms with Crippen molar-refractivity contribution in [2.75, 3.05) is 27.4 Å². The maximum Gasteiger partial charge on any atom is 0.450 e. The molecule has 180 valence electrons. The number of fused-ring (bicyclic) bond motifs is 1. The number of carboxylic acid groups (broad SMARTS) is 1. The molecule has 3 aromatic rings. The van der Waals surface area contributed by atoms with Gasteiger partial charge in [-0.05, 0) is 29.8 Å². The third-order valence-electron chi connectivity index (χ3n) is 4.59. The molecule has 0 aliphatic heterocycles. The topological polar surface area (TPSA) is 127 Å². The lowest BCUT2D eigenvalue weighted by molar-refractivity contribution is -0.304. The van der Waals surface area contributed by atoms with E-state index in [1.54, 1.807) is 0 Å². The second kappa shape index (κ2) is 9.73. The quantitative estimate of drug-likeness (QED) is 0.517. The van der Waals surface area contributed by atoms with E-state index in [0.29, 0.717) is 0 Å². The number of aliphatic carboxylic acids is 1. The molecule has 0 spiro atoms. The highest BCUT2D eigenvalue weighted by molar-refractivity contribution is 5.85. The summed E-state index contributed by atoms with van der Waals surface area (Å²) >= 11 is 0. The fourth-order valence-corrected chi connectivity index (χ4v) is 3.09. The first-order valence-corrected chi connectivity index (χ1v) is 9.55. The van der Waals surface area contributed by atoms with Crippen molar-refractivity contribution in [1.29, 1.82) is 0 Å². The number of rotatable bonds is 8. The van der Waals surface area contributed by atoms with Gasteiger partial charge in [0.25, 0.3) is 5.91 Å². The van der Waals surface area contributed by atoms with Gasteiger partial charge in [-0.15, -0.1) is 0 Å². The second-order valence-electron chi connectivity index (χ2n) is 6.80. The number of carboxylic acids is 1. The van der Waals surface area contributed by atoms with Crippen LogP contribution in [-0.4, -0.2) is 39.2 Å². The summed E-state index contributed by atoms with van der Waals surface area (Å²) in [6, 6.07) is 7.35. The molecule has 9 nitrogen and oxygen atoms in total. The van der Waals surface area contributed by atoms with Gasteiger partial charge in [0.1, 0.15) is 11.3 Å². The molecule has 1 amide bonds. The number of alkyl halides is 3. The molecule has 3 rings (SSSR count). The van der Waals surface area contributed by atoms with Gasteiger partial charge in [0, 0.05) is 6.07 Å². The van der Waals surface area contributed by atoms with Gasteiger partial charge in [-0.25, -0.2) is 0 Å². The van der Waals surface area contributed by atoms with Gasteiger partial charge >= 0.3 is 6.18 Å². The molecular formula is C22H17F3NO8-. The van der Waals surface area contributed by atoms with Gasteiger partial charge in [-0.1, -0.05) is 6.07 Å². The number of amides is 1. The molecule has 0 bridgehead atoms. The molecule has 0 saturated heterocycles. The number of nitrogens with one attached hydrogen (secondary N) is 1. The molecule has 1 aromatic heterocycles. The zero-order valence-corrected chi connectivity index (χ0v) is 17.8. The van der Waals surface area contributed by atoms with Crippen LogP contribution in [0.1, 0.15) is 5.76 Å². The standard InChI is InChI=1S/C22H18F3NO8/c1-31-14-6-3-11(7-16(14)32-2)19-20(30)13-5-4-12(33-10-17(27)26-9-18(28)29)8-15(13)34-21(19)22(23,24)25/h3-8H,9-10H2,1-2H3,(H,26,27)(H,28,29)/p-1. The van der Waals surface area contributed by atoms with Crippen molar-refractivity contribution in [2.45, 2.75) is 6.18 Å². The van der Waals surface area contributed by atoms with Crippen LogP contribution in [0, 0.1) is 0 Å². The third kappa shape index (κ3) is 5.22. The fourth-order valence-electron chi connectivity index (χ4n) is 3.09. The van der Waals surface area contributed by atoms with E-state index in [1.807, 2.05) is 5.32 Å². The number of hydrogen-bond acceptors (Lipinski definition) is 8. The Hall–Kier alpha value is -4.22. The Bertz CT molecular complexity index is 1300. The van der Waals surface area contributed by atoms with Gasteiger partial charge in [-0.3, -0.25) is 9.59 Å². The zero-order chi connectivity index (χ0) is 25.0. The Morgan fingerprint density at radius 1 is 1.06 bits per heavy atom. The highest BCUT2D eigenvalue weighted by atomic mass is 19.4. The smallest absolute Gasteiger partial charge is 0.450 e. The van der Waals surface area contributed by atoms with E-state index in [4.69, 9.17) is 18.6 Å². The summed E-state index contributed by atoms with van der Waals surface area (Å²) < 4.78 is 62.0. The first-order chi connectivity index (χ1) is 16.0. The maximum absolute atomic E-state index is 13.8. The molecule has 12 heteroatoms. The summed E-state index contributed by atoms with van der Waals surface area (Å²) in [5, 5.41) is 12.2. The summed E-state index contributed by atoms with van der Waals surface area (Å²) in [5.74, 6) is -3.53. The minimum absolute atomic E-state index is 0.0776. The Balaban J connectivity index is 2.06. The van der Waals surface area contributed by atoms with Gasteiger partial charge < -0.3 is 33.8 Å². The van der Waals surface area contributed by atoms with Crippen molar-refractivity contribution in [2.24, 2.45) is 0 Å². The average molecular weight is 480 g/mol. The number of carbonyl (C=O) groups excluding carboxylic acids is 2. The lowest BCUT2D eigenvalue weighted by Crippen LogP contribution is -2.39. The predicted molar refractivity (Wildman–Crippen MR) is 110 cm³/mol. The number of methoxy groups -OCH3 is 2. The van der Waals surface area contributed by atoms with Crippen LogP contribution in [0.15, 0.2) is 45.6 Å². The van der Waals surface area contributed by atoms with E-state index in [9.17, 15) is 32.7 Å². The lowest BCUT2D eigenvalue weighted by atomic mass is 10.0. The van der Waals surface area contributed by atoms with E-state index in [-0.39, 0.29) is 28.2 Å². The molecule has 0 aliphatic rings. The SMILES string of the molecule is COc1ccc(-c2c(C(F)(F)F)oc3cc(OCC(=O)NCC(=O)[O-])ccc3c2=O)cc1OC. The summed E-state index contributed by atoms with van der Waals surface area (Å²) in [4.78, 5) is 35.0. The van der Waals surface area contributed by atoms with Crippen LogP contribution >= 0.6 is 0 Å². The summed E-state index contributed by atoms with van der Waals surface area (Å²) in [6.45, 7) is -1.36. The highest BCUT2D eigenvalue weighted by Crippen LogP contribution is 2.40. The molecule has 2 aromatic carbocycles. The molecular weight excluding hydrogens is 463 g/mol. The number of benzene rings is 2. The largest absolute Gasteiger partial charge is 0.548 e. The monoisotopic (exact) mass is 480 g/mol. The van der Waals surface area contributed by atoms with Crippen molar-refractivity contribution >= 4 is 22.8 Å². The molecule has 0 atom stereocenters. The number of carbonyl (C=O) groups is 2. The lowest BCUT2D eigenvalue weighted by Gasteiger charge is -2.15. The van der Waals surface area contributed by atoms with Gasteiger partial charge in [0.15, 0.2) is 18.1 Å². The molecule has 0 aliphatic carbocycles. The van der Waals surface area contributed by atoms with Crippen LogP contribution in [0.2, 0.25) is 0 Å². The van der Waals surface area contributed by atoms with Crippen molar-refractivity contribution < 1.29 is 46.5 Å². The Kier molecular flexibility index (Phi) is 6.99. The van der Waals surface area contributed by atoms with Gasteiger partial charge in [0.05, 0.1) is 37.7 Å². The average Bonchev–Trinajstić information content (AvgIpc) is 2.80. The summed E-state index contributed by atoms with van der Waals surface area (Å²) in [5.41, 5.74) is -2.17. The molecule has 34 heavy (non-hydrogen) atoms. The molecule has 1 heterocycles. The number of ether oxygens (including phenoxy) is 3. The molecule has 0 unspecified atom stereocenters. The van der Waals surface area contributed by atoms with Gasteiger partial charge in [-0.2, -0.15) is 13.2 Å². The Morgan fingerprint density at radius 2 is 1.76 bits per heavy atom. The van der Waals surface area contributed by atoms with Crippen LogP contribution in [0.5, 0.6) is 17.2 Å². The molecule has 1 N–H and O–H groups in total. The van der Waals surface area contributed by atoms with Crippen LogP contribution in [-0.2, 0) is 15.8 Å². The fraction of sp³-hybridized carbons (Fsp3) is 0.227. The Labute approximate surface area is 189 Å². The van der Waals surface area contributed by atoms with Crippen LogP contribution < -0.4 is 30.1 Å². The minimum atomic E-state index is -5.02. The highest BCUT2D eigenvalue weighted by Gasteiger charge is 2.39. The predicted octanol–water partition coefficient (Wildman–Crippen LogP) is 1.74. The van der Waals surface area contributed by atoms with Crippen molar-refractivity contribution in [3.63, 3.8) is 0 Å². The summed E-state index contributed by atoms with van der Waals surface area (Å²) in [6.07, 6.45) is -5.02. The Morgan fingerprint density at radius 3 is 2.38 bits per heavy atom. The second-order valence-corrected chi connectivity index (χ2v) is 6.80. The summed E-state index contributed by atoms with van der Waals surface area (Å²) in [7, 11) is 2.66. The van der Waals surface area contributed by atoms with Gasteiger partial charge in [0.2, 0.25) is 11.2 Å². The molecule has 0 saturated carbocycles. The van der Waals surface area contributed by atoms with E-state index < -0.39 is 53.5 Å². The van der Waals surface area contributed by atoms with Crippen molar-refractivity contribution in [3.8, 4) is 28.4 Å². The van der Waals surface area contributed by atoms with Crippen LogP contribution in [0.4, 0.5) is 13.2 Å². The minimum Gasteiger partial charge on any atom is -0.548 e. The van der Waals surface area contributed by atoms with Crippen molar-refractivity contribution in [1.82, 2.24) is 5.32 Å². The number of hydrogen-bond donors (Lipinski definition) is 1. The zero-order valence-electron chi connectivity index (χ0n) is 17.8. The molecule has 0 radical (unpaired) electrons. The van der Waals surface area contributed by atoms with E-state index >= 15 is 0 Å². The van der Waals surface area contributed by atoms with Crippen LogP contribution in [0.25, 0.3) is 22.1 Å². The maximum atomic E-state index is 13.8. The number of halogens is 3. The van der Waals surface area contributed by atoms with Crippen molar-refractivity contribution in [3.05, 3.63) is 52.4 Å². The van der Waals surface area contributed by atoms with E-state index in [0.717, 1.165) is 6.07 Å². The first-order valence-electron chi connectivity index (χ1n) is 9.55. The molecule has 0 fully saturated rings. The first kappa shape index (κ1) is 24.4. The van der Waals surface area contributed by atoms with Crippen LogP contribution in [0.3, 0.4) is 0 Å². The normalized spacial score (nSPS) is 11.2. The van der Waals surface area contributed by atoms with E-state index in [2.05, 4.69) is 0 Å².